The monoisotopic (exact) mass is 475 g/mol. The van der Waals surface area contributed by atoms with E-state index in [4.69, 9.17) is 14.5 Å². The Balaban J connectivity index is 1.48. The van der Waals surface area contributed by atoms with Gasteiger partial charge in [0.1, 0.15) is 11.0 Å². The summed E-state index contributed by atoms with van der Waals surface area (Å²) in [6.45, 7) is 2.19. The third-order valence-electron chi connectivity index (χ3n) is 6.58. The molecular weight excluding hydrogens is 446 g/mol. The molecule has 4 aromatic heterocycles. The average molecular weight is 476 g/mol. The van der Waals surface area contributed by atoms with Gasteiger partial charge in [-0.05, 0) is 31.0 Å². The minimum atomic E-state index is 0.134. The van der Waals surface area contributed by atoms with Crippen LogP contribution in [0.1, 0.15) is 18.9 Å². The molecule has 5 heterocycles. The molecule has 35 heavy (non-hydrogen) atoms. The highest BCUT2D eigenvalue weighted by Gasteiger charge is 2.24. The summed E-state index contributed by atoms with van der Waals surface area (Å²) in [6, 6.07) is 6.06. The number of likely N-dealkylation sites (N-methyl/N-ethyl adjacent to an activating group) is 1. The van der Waals surface area contributed by atoms with Crippen LogP contribution in [0.5, 0.6) is 11.6 Å². The van der Waals surface area contributed by atoms with Crippen molar-refractivity contribution in [2.24, 2.45) is 0 Å². The smallest absolute Gasteiger partial charge is 0.256 e. The Morgan fingerprint density at radius 1 is 1.06 bits per heavy atom. The molecule has 0 N–H and O–H groups in total. The van der Waals surface area contributed by atoms with Gasteiger partial charge in [0.25, 0.3) is 5.88 Å². The van der Waals surface area contributed by atoms with Crippen molar-refractivity contribution in [1.29, 1.82) is 0 Å². The van der Waals surface area contributed by atoms with Crippen molar-refractivity contribution in [3.8, 4) is 22.9 Å². The maximum absolute atomic E-state index is 12.1. The van der Waals surface area contributed by atoms with E-state index in [9.17, 15) is 4.79 Å². The second kappa shape index (κ2) is 9.46. The first-order valence-corrected chi connectivity index (χ1v) is 11.6. The van der Waals surface area contributed by atoms with Crippen molar-refractivity contribution in [3.63, 3.8) is 0 Å². The lowest BCUT2D eigenvalue weighted by Crippen LogP contribution is -2.41. The predicted octanol–water partition coefficient (Wildman–Crippen LogP) is 2.78. The number of aromatic nitrogens is 5. The van der Waals surface area contributed by atoms with Crippen LogP contribution >= 0.6 is 0 Å². The zero-order valence-corrected chi connectivity index (χ0v) is 20.4. The van der Waals surface area contributed by atoms with Gasteiger partial charge in [0.2, 0.25) is 5.91 Å². The molecule has 10 nitrogen and oxygen atoms in total. The van der Waals surface area contributed by atoms with Crippen LogP contribution in [0.15, 0.2) is 36.9 Å². The molecule has 0 spiro atoms. The van der Waals surface area contributed by atoms with Gasteiger partial charge in [0, 0.05) is 45.0 Å². The average Bonchev–Trinajstić information content (AvgIpc) is 3.33. The van der Waals surface area contributed by atoms with E-state index in [0.29, 0.717) is 18.2 Å². The van der Waals surface area contributed by atoms with Crippen LogP contribution in [0, 0.1) is 0 Å². The van der Waals surface area contributed by atoms with Gasteiger partial charge in [-0.1, -0.05) is 0 Å². The SMILES string of the molecule is COc1cc(-c2ccc3ncc4ncn(C5CCN(CC(=O)N(C)C)CC5)c4c3n2)cnc1OC. The molecule has 0 unspecified atom stereocenters. The first kappa shape index (κ1) is 23.0. The van der Waals surface area contributed by atoms with Gasteiger partial charge in [-0.25, -0.2) is 15.0 Å². The molecule has 182 valence electrons. The lowest BCUT2D eigenvalue weighted by Gasteiger charge is -2.33. The fourth-order valence-corrected chi connectivity index (χ4v) is 4.57. The summed E-state index contributed by atoms with van der Waals surface area (Å²) >= 11 is 0. The van der Waals surface area contributed by atoms with Gasteiger partial charge in [0.05, 0.1) is 50.0 Å². The van der Waals surface area contributed by atoms with Gasteiger partial charge in [-0.2, -0.15) is 0 Å². The van der Waals surface area contributed by atoms with E-state index in [2.05, 4.69) is 24.4 Å². The quantitative estimate of drug-likeness (QED) is 0.420. The Hall–Kier alpha value is -3.79. The summed E-state index contributed by atoms with van der Waals surface area (Å²) in [7, 11) is 6.74. The normalized spacial score (nSPS) is 15.0. The van der Waals surface area contributed by atoms with Crippen molar-refractivity contribution >= 4 is 28.0 Å². The van der Waals surface area contributed by atoms with Gasteiger partial charge in [-0.3, -0.25) is 14.7 Å². The van der Waals surface area contributed by atoms with Crippen molar-refractivity contribution in [3.05, 3.63) is 36.9 Å². The zero-order chi connectivity index (χ0) is 24.5. The number of piperidine rings is 1. The van der Waals surface area contributed by atoms with Crippen LogP contribution in [-0.4, -0.2) is 88.2 Å². The topological polar surface area (TPSA) is 98.5 Å². The number of imidazole rings is 1. The van der Waals surface area contributed by atoms with E-state index in [0.717, 1.165) is 59.3 Å². The highest BCUT2D eigenvalue weighted by Crippen LogP contribution is 2.33. The van der Waals surface area contributed by atoms with E-state index in [1.54, 1.807) is 45.6 Å². The number of amides is 1. The van der Waals surface area contributed by atoms with E-state index < -0.39 is 0 Å². The number of fused-ring (bicyclic) bond motifs is 3. The molecule has 1 aliphatic rings. The molecule has 1 amide bonds. The summed E-state index contributed by atoms with van der Waals surface area (Å²) < 4.78 is 12.9. The van der Waals surface area contributed by atoms with Gasteiger partial charge in [0.15, 0.2) is 5.75 Å². The minimum absolute atomic E-state index is 0.134. The van der Waals surface area contributed by atoms with Crippen molar-refractivity contribution in [2.75, 3.05) is 47.9 Å². The van der Waals surface area contributed by atoms with Crippen molar-refractivity contribution in [1.82, 2.24) is 34.3 Å². The second-order valence-corrected chi connectivity index (χ2v) is 8.94. The number of carbonyl (C=O) groups excluding carboxylic acids is 1. The second-order valence-electron chi connectivity index (χ2n) is 8.94. The molecule has 0 radical (unpaired) electrons. The van der Waals surface area contributed by atoms with Crippen LogP contribution < -0.4 is 9.47 Å². The largest absolute Gasteiger partial charge is 0.491 e. The number of rotatable bonds is 6. The Labute approximate surface area is 203 Å². The van der Waals surface area contributed by atoms with Gasteiger partial charge in [-0.15, -0.1) is 0 Å². The molecule has 5 rings (SSSR count). The number of hydrogen-bond donors (Lipinski definition) is 0. The number of ether oxygens (including phenoxy) is 2. The molecular formula is C25H29N7O3. The Morgan fingerprint density at radius 3 is 2.57 bits per heavy atom. The molecule has 1 saturated heterocycles. The summed E-state index contributed by atoms with van der Waals surface area (Å²) in [4.78, 5) is 34.5. The minimum Gasteiger partial charge on any atom is -0.491 e. The summed E-state index contributed by atoms with van der Waals surface area (Å²) in [5.41, 5.74) is 5.00. The lowest BCUT2D eigenvalue weighted by molar-refractivity contribution is -0.130. The molecule has 0 bridgehead atoms. The first-order chi connectivity index (χ1) is 17.0. The van der Waals surface area contributed by atoms with E-state index >= 15 is 0 Å². The molecule has 1 aliphatic heterocycles. The first-order valence-electron chi connectivity index (χ1n) is 11.6. The van der Waals surface area contributed by atoms with Crippen LogP contribution in [0.25, 0.3) is 33.3 Å². The molecule has 0 aromatic carbocycles. The van der Waals surface area contributed by atoms with E-state index in [1.165, 1.54) is 0 Å². The molecule has 0 aliphatic carbocycles. The third-order valence-corrected chi connectivity index (χ3v) is 6.58. The van der Waals surface area contributed by atoms with E-state index in [-0.39, 0.29) is 11.9 Å². The predicted molar refractivity (Wildman–Crippen MR) is 133 cm³/mol. The Bertz CT molecular complexity index is 1380. The number of likely N-dealkylation sites (tertiary alicyclic amines) is 1. The summed E-state index contributed by atoms with van der Waals surface area (Å²) in [6.07, 6.45) is 7.30. The van der Waals surface area contributed by atoms with Gasteiger partial charge >= 0.3 is 0 Å². The van der Waals surface area contributed by atoms with Crippen LogP contribution in [0.4, 0.5) is 0 Å². The molecule has 10 heteroatoms. The lowest BCUT2D eigenvalue weighted by atomic mass is 10.0. The van der Waals surface area contributed by atoms with Crippen LogP contribution in [0.3, 0.4) is 0 Å². The van der Waals surface area contributed by atoms with Gasteiger partial charge < -0.3 is 18.9 Å². The maximum atomic E-state index is 12.1. The fraction of sp³-hybridized carbons (Fsp3) is 0.400. The number of carbonyl (C=O) groups is 1. The number of pyridine rings is 3. The van der Waals surface area contributed by atoms with Crippen molar-refractivity contribution in [2.45, 2.75) is 18.9 Å². The van der Waals surface area contributed by atoms with Crippen LogP contribution in [0.2, 0.25) is 0 Å². The number of hydrogen-bond acceptors (Lipinski definition) is 8. The summed E-state index contributed by atoms with van der Waals surface area (Å²) in [5, 5.41) is 0. The standard InChI is InChI=1S/C25H29N7O3/c1-30(2)22(33)14-31-9-7-17(8-10-31)32-15-28-20-13-26-19-6-5-18(29-23(19)24(20)32)16-11-21(34-3)25(35-4)27-12-16/h5-6,11-13,15,17H,7-10,14H2,1-4H3. The van der Waals surface area contributed by atoms with Crippen LogP contribution in [-0.2, 0) is 4.79 Å². The number of nitrogens with zero attached hydrogens (tertiary/aromatic N) is 7. The fourth-order valence-electron chi connectivity index (χ4n) is 4.57. The summed E-state index contributed by atoms with van der Waals surface area (Å²) in [5.74, 6) is 1.11. The van der Waals surface area contributed by atoms with Crippen molar-refractivity contribution < 1.29 is 14.3 Å². The highest BCUT2D eigenvalue weighted by atomic mass is 16.5. The third kappa shape index (κ3) is 4.37. The van der Waals surface area contributed by atoms with E-state index in [1.807, 2.05) is 24.5 Å². The Morgan fingerprint density at radius 2 is 1.86 bits per heavy atom. The molecule has 0 saturated carbocycles. The molecule has 0 atom stereocenters. The molecule has 4 aromatic rings. The molecule has 1 fully saturated rings. The Kier molecular flexibility index (Phi) is 6.21. The maximum Gasteiger partial charge on any atom is 0.256 e. The number of methoxy groups -OCH3 is 2. The zero-order valence-electron chi connectivity index (χ0n) is 20.4. The highest BCUT2D eigenvalue weighted by molar-refractivity contribution is 6.00.